The lowest BCUT2D eigenvalue weighted by Crippen LogP contribution is -2.40. The number of hydrogen-bond donors (Lipinski definition) is 1. The third kappa shape index (κ3) is 2.44. The third-order valence-corrected chi connectivity index (χ3v) is 5.41. The van der Waals surface area contributed by atoms with Crippen molar-refractivity contribution in [1.82, 2.24) is 4.31 Å². The van der Waals surface area contributed by atoms with Gasteiger partial charge in [-0.1, -0.05) is 23.2 Å². The topological polar surface area (TPSA) is 63.4 Å². The van der Waals surface area contributed by atoms with E-state index in [0.29, 0.717) is 18.0 Å². The summed E-state index contributed by atoms with van der Waals surface area (Å²) in [7, 11) is -3.56. The molecule has 1 saturated heterocycles. The van der Waals surface area contributed by atoms with E-state index in [1.165, 1.54) is 22.5 Å². The minimum absolute atomic E-state index is 0.129. The molecule has 0 radical (unpaired) electrons. The normalized spacial score (nSPS) is 21.9. The van der Waals surface area contributed by atoms with Crippen molar-refractivity contribution in [1.29, 1.82) is 0 Å². The number of rotatable bonds is 2. The van der Waals surface area contributed by atoms with Crippen molar-refractivity contribution in [3.8, 4) is 0 Å². The molecule has 0 spiro atoms. The predicted molar refractivity (Wildman–Crippen MR) is 67.6 cm³/mol. The Morgan fingerprint density at radius 1 is 1.29 bits per heavy atom. The van der Waals surface area contributed by atoms with Crippen molar-refractivity contribution in [2.24, 2.45) is 5.73 Å². The number of halogens is 2. The lowest BCUT2D eigenvalue weighted by molar-refractivity contribution is 0.396. The van der Waals surface area contributed by atoms with E-state index in [0.717, 1.165) is 6.42 Å². The molecule has 0 aliphatic carbocycles. The lowest BCUT2D eigenvalue weighted by Gasteiger charge is -2.20. The van der Waals surface area contributed by atoms with Gasteiger partial charge in [-0.15, -0.1) is 0 Å². The van der Waals surface area contributed by atoms with Crippen molar-refractivity contribution in [3.63, 3.8) is 0 Å². The Bertz CT molecular complexity index is 533. The quantitative estimate of drug-likeness (QED) is 0.908. The van der Waals surface area contributed by atoms with Crippen LogP contribution in [0.1, 0.15) is 12.8 Å². The Balaban J connectivity index is 2.41. The second-order valence-corrected chi connectivity index (χ2v) is 6.61. The highest BCUT2D eigenvalue weighted by molar-refractivity contribution is 7.89. The van der Waals surface area contributed by atoms with Crippen LogP contribution in [-0.4, -0.2) is 25.4 Å². The van der Waals surface area contributed by atoms with Crippen LogP contribution in [0, 0.1) is 0 Å². The van der Waals surface area contributed by atoms with Crippen LogP contribution in [0.3, 0.4) is 0 Å². The Hall–Kier alpha value is -0.330. The van der Waals surface area contributed by atoms with Gasteiger partial charge < -0.3 is 5.73 Å². The predicted octanol–water partition coefficient (Wildman–Crippen LogP) is 2.06. The maximum Gasteiger partial charge on any atom is 0.244 e. The molecule has 2 rings (SSSR count). The molecule has 1 fully saturated rings. The Labute approximate surface area is 110 Å². The van der Waals surface area contributed by atoms with E-state index in [9.17, 15) is 8.42 Å². The summed E-state index contributed by atoms with van der Waals surface area (Å²) in [6, 6.07) is 4.26. The first-order valence-electron chi connectivity index (χ1n) is 5.15. The highest BCUT2D eigenvalue weighted by Gasteiger charge is 2.33. The van der Waals surface area contributed by atoms with Crippen LogP contribution < -0.4 is 5.73 Å². The van der Waals surface area contributed by atoms with Crippen LogP contribution in [0.4, 0.5) is 0 Å². The van der Waals surface area contributed by atoms with E-state index >= 15 is 0 Å². The highest BCUT2D eigenvalue weighted by atomic mass is 35.5. The zero-order chi connectivity index (χ0) is 12.6. The van der Waals surface area contributed by atoms with Crippen molar-refractivity contribution >= 4 is 33.2 Å². The standard InChI is InChI=1S/C10H12Cl2N2O2S/c11-8-4-3-7(6-9(8)12)17(15,16)14-5-1-2-10(14)13/h3-4,6,10H,1-2,5,13H2. The maximum absolute atomic E-state index is 12.3. The summed E-state index contributed by atoms with van der Waals surface area (Å²) < 4.78 is 25.8. The molecule has 1 aromatic rings. The van der Waals surface area contributed by atoms with Gasteiger partial charge in [0.1, 0.15) is 0 Å². The summed E-state index contributed by atoms with van der Waals surface area (Å²) in [5, 5.41) is 0.553. The number of sulfonamides is 1. The van der Waals surface area contributed by atoms with E-state index in [4.69, 9.17) is 28.9 Å². The monoisotopic (exact) mass is 294 g/mol. The van der Waals surface area contributed by atoms with Crippen LogP contribution in [0.15, 0.2) is 23.1 Å². The number of nitrogens with two attached hydrogens (primary N) is 1. The molecule has 7 heteroatoms. The minimum Gasteiger partial charge on any atom is -0.315 e. The van der Waals surface area contributed by atoms with Gasteiger partial charge in [0.25, 0.3) is 0 Å². The zero-order valence-corrected chi connectivity index (χ0v) is 11.3. The Morgan fingerprint density at radius 2 is 2.00 bits per heavy atom. The number of benzene rings is 1. The summed E-state index contributed by atoms with van der Waals surface area (Å²) in [6.07, 6.45) is 1.01. The smallest absolute Gasteiger partial charge is 0.244 e. The Morgan fingerprint density at radius 3 is 2.53 bits per heavy atom. The highest BCUT2D eigenvalue weighted by Crippen LogP contribution is 2.28. The molecule has 0 amide bonds. The van der Waals surface area contributed by atoms with Crippen molar-refractivity contribution in [3.05, 3.63) is 28.2 Å². The van der Waals surface area contributed by atoms with Gasteiger partial charge in [0.05, 0.1) is 21.1 Å². The average Bonchev–Trinajstić information content (AvgIpc) is 2.69. The van der Waals surface area contributed by atoms with E-state index in [1.54, 1.807) is 0 Å². The van der Waals surface area contributed by atoms with Crippen molar-refractivity contribution in [2.45, 2.75) is 23.9 Å². The zero-order valence-electron chi connectivity index (χ0n) is 8.94. The van der Waals surface area contributed by atoms with Gasteiger partial charge in [0, 0.05) is 6.54 Å². The Kier molecular flexibility index (Phi) is 3.66. The van der Waals surface area contributed by atoms with Crippen LogP contribution in [0.5, 0.6) is 0 Å². The molecular weight excluding hydrogens is 283 g/mol. The molecule has 0 saturated carbocycles. The molecule has 1 atom stereocenters. The van der Waals surface area contributed by atoms with E-state index in [1.807, 2.05) is 0 Å². The summed E-state index contributed by atoms with van der Waals surface area (Å²) in [6.45, 7) is 0.448. The van der Waals surface area contributed by atoms with Crippen LogP contribution in [0.2, 0.25) is 10.0 Å². The molecule has 2 N–H and O–H groups in total. The summed E-state index contributed by atoms with van der Waals surface area (Å²) in [5.74, 6) is 0. The lowest BCUT2D eigenvalue weighted by atomic mass is 10.3. The second kappa shape index (κ2) is 4.74. The molecule has 4 nitrogen and oxygen atoms in total. The summed E-state index contributed by atoms with van der Waals surface area (Å²) in [5.41, 5.74) is 5.76. The first-order valence-corrected chi connectivity index (χ1v) is 7.35. The molecule has 1 aliphatic rings. The molecule has 1 heterocycles. The van der Waals surface area contributed by atoms with E-state index in [-0.39, 0.29) is 9.92 Å². The van der Waals surface area contributed by atoms with Gasteiger partial charge in [0.15, 0.2) is 0 Å². The fourth-order valence-corrected chi connectivity index (χ4v) is 3.81. The molecule has 0 aromatic heterocycles. The second-order valence-electron chi connectivity index (χ2n) is 3.90. The fraction of sp³-hybridized carbons (Fsp3) is 0.400. The van der Waals surface area contributed by atoms with Gasteiger partial charge in [-0.05, 0) is 31.0 Å². The van der Waals surface area contributed by atoms with Gasteiger partial charge in [-0.25, -0.2) is 8.42 Å². The summed E-state index contributed by atoms with van der Waals surface area (Å²) in [4.78, 5) is 0.129. The molecule has 1 unspecified atom stereocenters. The first-order chi connectivity index (χ1) is 7.93. The molecule has 94 valence electrons. The average molecular weight is 295 g/mol. The molecule has 1 aliphatic heterocycles. The third-order valence-electron chi connectivity index (χ3n) is 2.75. The van der Waals surface area contributed by atoms with Gasteiger partial charge >= 0.3 is 0 Å². The SMILES string of the molecule is NC1CCCN1S(=O)(=O)c1ccc(Cl)c(Cl)c1. The maximum atomic E-state index is 12.3. The molecule has 0 bridgehead atoms. The van der Waals surface area contributed by atoms with Crippen molar-refractivity contribution < 1.29 is 8.42 Å². The van der Waals surface area contributed by atoms with Gasteiger partial charge in [-0.3, -0.25) is 0 Å². The largest absolute Gasteiger partial charge is 0.315 e. The molecule has 17 heavy (non-hydrogen) atoms. The van der Waals surface area contributed by atoms with Crippen LogP contribution >= 0.6 is 23.2 Å². The first kappa shape index (κ1) is 13.1. The van der Waals surface area contributed by atoms with E-state index < -0.39 is 16.2 Å². The van der Waals surface area contributed by atoms with Crippen molar-refractivity contribution in [2.75, 3.05) is 6.54 Å². The molecule has 1 aromatic carbocycles. The van der Waals surface area contributed by atoms with E-state index in [2.05, 4.69) is 0 Å². The summed E-state index contributed by atoms with van der Waals surface area (Å²) >= 11 is 11.6. The van der Waals surface area contributed by atoms with Crippen LogP contribution in [-0.2, 0) is 10.0 Å². The minimum atomic E-state index is -3.56. The number of hydrogen-bond acceptors (Lipinski definition) is 3. The number of nitrogens with zero attached hydrogens (tertiary/aromatic N) is 1. The van der Waals surface area contributed by atoms with Gasteiger partial charge in [0.2, 0.25) is 10.0 Å². The van der Waals surface area contributed by atoms with Crippen LogP contribution in [0.25, 0.3) is 0 Å². The fourth-order valence-electron chi connectivity index (χ4n) is 1.84. The van der Waals surface area contributed by atoms with Gasteiger partial charge in [-0.2, -0.15) is 4.31 Å². The molecular formula is C10H12Cl2N2O2S.